The van der Waals surface area contributed by atoms with E-state index in [1.165, 1.54) is 6.20 Å². The fourth-order valence-electron chi connectivity index (χ4n) is 4.63. The Morgan fingerprint density at radius 2 is 2.07 bits per heavy atom. The molecule has 3 aromatic rings. The Balaban J connectivity index is 1.73. The Labute approximate surface area is 178 Å². The lowest BCUT2D eigenvalue weighted by Gasteiger charge is -2.48. The Bertz CT molecular complexity index is 1100. The highest BCUT2D eigenvalue weighted by Crippen LogP contribution is 2.45. The van der Waals surface area contributed by atoms with E-state index in [0.717, 1.165) is 5.56 Å². The van der Waals surface area contributed by atoms with Crippen molar-refractivity contribution in [1.82, 2.24) is 14.9 Å². The lowest BCUT2D eigenvalue weighted by molar-refractivity contribution is -0.147. The first-order chi connectivity index (χ1) is 14.3. The number of likely N-dealkylation sites (tertiary alicyclic amines) is 1. The predicted octanol–water partition coefficient (Wildman–Crippen LogP) is 3.28. The van der Waals surface area contributed by atoms with E-state index >= 15 is 0 Å². The van der Waals surface area contributed by atoms with Crippen LogP contribution in [0.5, 0.6) is 0 Å². The molecule has 4 rings (SSSR count). The summed E-state index contributed by atoms with van der Waals surface area (Å²) < 4.78 is 14.3. The van der Waals surface area contributed by atoms with Gasteiger partial charge in [-0.05, 0) is 23.3 Å². The molecule has 1 aromatic carbocycles. The van der Waals surface area contributed by atoms with Crippen LogP contribution in [-0.4, -0.2) is 45.5 Å². The van der Waals surface area contributed by atoms with Gasteiger partial charge in [0.2, 0.25) is 5.91 Å². The van der Waals surface area contributed by atoms with Gasteiger partial charge in [-0.15, -0.1) is 0 Å². The summed E-state index contributed by atoms with van der Waals surface area (Å²) in [6.07, 6.45) is 2.89. The summed E-state index contributed by atoms with van der Waals surface area (Å²) in [4.78, 5) is 20.7. The molecule has 8 heteroatoms. The largest absolute Gasteiger partial charge is 0.384 e. The molecule has 1 aliphatic rings. The Kier molecular flexibility index (Phi) is 5.30. The van der Waals surface area contributed by atoms with E-state index in [0.29, 0.717) is 40.3 Å². The smallest absolute Gasteiger partial charge is 0.236 e. The second-order valence-corrected chi connectivity index (χ2v) is 8.45. The molecular weight excluding hydrogens is 407 g/mol. The number of pyridine rings is 1. The molecule has 0 saturated carbocycles. The fraction of sp³-hybridized carbons (Fsp3) is 0.364. The number of nitrogens with zero attached hydrogens (tertiary/aromatic N) is 2. The molecule has 0 unspecified atom stereocenters. The van der Waals surface area contributed by atoms with Crippen LogP contribution in [0.1, 0.15) is 19.4 Å². The number of amides is 1. The van der Waals surface area contributed by atoms with Crippen molar-refractivity contribution in [3.63, 3.8) is 0 Å². The zero-order chi connectivity index (χ0) is 21.6. The number of aliphatic hydroxyl groups is 1. The van der Waals surface area contributed by atoms with Crippen molar-refractivity contribution in [2.45, 2.75) is 19.4 Å². The molecule has 1 amide bonds. The summed E-state index contributed by atoms with van der Waals surface area (Å²) in [5.74, 6) is -0.997. The van der Waals surface area contributed by atoms with E-state index < -0.39 is 5.60 Å². The third-order valence-electron chi connectivity index (χ3n) is 6.26. The zero-order valence-corrected chi connectivity index (χ0v) is 17.6. The number of aromatic nitrogens is 2. The number of aromatic amines is 1. The number of rotatable bonds is 3. The molecule has 1 saturated heterocycles. The van der Waals surface area contributed by atoms with Crippen molar-refractivity contribution in [1.29, 1.82) is 0 Å². The summed E-state index contributed by atoms with van der Waals surface area (Å²) in [5, 5.41) is 12.4. The van der Waals surface area contributed by atoms with Gasteiger partial charge in [-0.3, -0.25) is 4.79 Å². The quantitative estimate of drug-likeness (QED) is 0.594. The molecule has 158 valence electrons. The normalized spacial score (nSPS) is 24.4. The lowest BCUT2D eigenvalue weighted by Crippen LogP contribution is -2.56. The molecule has 0 spiro atoms. The number of H-pyrrole nitrogens is 1. The minimum Gasteiger partial charge on any atom is -0.384 e. The highest BCUT2D eigenvalue weighted by molar-refractivity contribution is 6.31. The number of hydrogen-bond acceptors (Lipinski definition) is 4. The Morgan fingerprint density at radius 1 is 1.37 bits per heavy atom. The third-order valence-corrected chi connectivity index (χ3v) is 6.57. The van der Waals surface area contributed by atoms with Gasteiger partial charge in [0.05, 0.1) is 17.5 Å². The Hall–Kier alpha value is -2.48. The fourth-order valence-corrected chi connectivity index (χ4v) is 4.96. The first kappa shape index (κ1) is 20.8. The van der Waals surface area contributed by atoms with Gasteiger partial charge in [0.25, 0.3) is 0 Å². The van der Waals surface area contributed by atoms with Crippen molar-refractivity contribution in [3.05, 3.63) is 53.1 Å². The molecule has 0 aliphatic carbocycles. The average Bonchev–Trinajstić information content (AvgIpc) is 3.12. The topological polar surface area (TPSA) is 95.2 Å². The number of hydrogen-bond donors (Lipinski definition) is 3. The first-order valence-electron chi connectivity index (χ1n) is 9.89. The van der Waals surface area contributed by atoms with Crippen LogP contribution in [0.15, 0.2) is 36.7 Å². The highest BCUT2D eigenvalue weighted by Gasteiger charge is 2.47. The number of halogens is 2. The minimum atomic E-state index is -1.20. The Morgan fingerprint density at radius 3 is 2.70 bits per heavy atom. The maximum Gasteiger partial charge on any atom is 0.236 e. The molecule has 2 aromatic heterocycles. The monoisotopic (exact) mass is 430 g/mol. The molecule has 3 heterocycles. The van der Waals surface area contributed by atoms with Crippen molar-refractivity contribution >= 4 is 28.5 Å². The molecule has 30 heavy (non-hydrogen) atoms. The lowest BCUT2D eigenvalue weighted by atomic mass is 9.70. The summed E-state index contributed by atoms with van der Waals surface area (Å²) in [6.45, 7) is 4.54. The van der Waals surface area contributed by atoms with Gasteiger partial charge in [-0.2, -0.15) is 0 Å². The van der Waals surface area contributed by atoms with Crippen LogP contribution in [0.2, 0.25) is 5.02 Å². The molecular formula is C22H24ClFN4O2. The van der Waals surface area contributed by atoms with Crippen molar-refractivity contribution in [2.24, 2.45) is 17.6 Å². The number of benzene rings is 1. The summed E-state index contributed by atoms with van der Waals surface area (Å²) >= 11 is 6.65. The standard InChI is InChI=1S/C22H24ClFN4O2/c1-12-10-28(19(29)8-25)11-13(2)22(12,30)16-4-3-14(7-17(16)23)15-5-6-26-21-20(15)18(24)9-27-21/h3-7,9,12-13,30H,8,10-11,25H2,1-2H3,(H,26,27)/t12-,13+,22-. The van der Waals surface area contributed by atoms with Gasteiger partial charge in [0.1, 0.15) is 5.65 Å². The van der Waals surface area contributed by atoms with E-state index in [-0.39, 0.29) is 30.1 Å². The van der Waals surface area contributed by atoms with Crippen LogP contribution in [0.4, 0.5) is 4.39 Å². The van der Waals surface area contributed by atoms with Gasteiger partial charge in [0, 0.05) is 47.9 Å². The molecule has 0 bridgehead atoms. The molecule has 0 radical (unpaired) electrons. The number of carbonyl (C=O) groups is 1. The van der Waals surface area contributed by atoms with Crippen molar-refractivity contribution < 1.29 is 14.3 Å². The number of piperidine rings is 1. The second kappa shape index (κ2) is 7.65. The predicted molar refractivity (Wildman–Crippen MR) is 114 cm³/mol. The van der Waals surface area contributed by atoms with Gasteiger partial charge in [-0.25, -0.2) is 9.37 Å². The van der Waals surface area contributed by atoms with Crippen LogP contribution in [0.3, 0.4) is 0 Å². The first-order valence-corrected chi connectivity index (χ1v) is 10.3. The average molecular weight is 431 g/mol. The van der Waals surface area contributed by atoms with Gasteiger partial charge in [0.15, 0.2) is 5.82 Å². The number of nitrogens with one attached hydrogen (secondary N) is 1. The third kappa shape index (κ3) is 3.17. The van der Waals surface area contributed by atoms with Crippen LogP contribution in [-0.2, 0) is 10.4 Å². The summed E-state index contributed by atoms with van der Waals surface area (Å²) in [7, 11) is 0. The maximum absolute atomic E-state index is 14.3. The van der Waals surface area contributed by atoms with Gasteiger partial charge in [-0.1, -0.05) is 37.6 Å². The minimum absolute atomic E-state index is 0.0521. The van der Waals surface area contributed by atoms with E-state index in [2.05, 4.69) is 9.97 Å². The van der Waals surface area contributed by atoms with Gasteiger partial charge < -0.3 is 20.7 Å². The summed E-state index contributed by atoms with van der Waals surface area (Å²) in [5.41, 5.74) is 6.77. The van der Waals surface area contributed by atoms with Crippen LogP contribution < -0.4 is 5.73 Å². The number of carbonyl (C=O) groups excluding carboxylic acids is 1. The van der Waals surface area contributed by atoms with Crippen LogP contribution in [0.25, 0.3) is 22.2 Å². The molecule has 3 atom stereocenters. The molecule has 4 N–H and O–H groups in total. The number of nitrogens with two attached hydrogens (primary N) is 1. The molecule has 1 fully saturated rings. The van der Waals surface area contributed by atoms with Gasteiger partial charge >= 0.3 is 0 Å². The summed E-state index contributed by atoms with van der Waals surface area (Å²) in [6, 6.07) is 7.10. The van der Waals surface area contributed by atoms with E-state index in [9.17, 15) is 14.3 Å². The zero-order valence-electron chi connectivity index (χ0n) is 16.8. The molecule has 6 nitrogen and oxygen atoms in total. The highest BCUT2D eigenvalue weighted by atomic mass is 35.5. The van der Waals surface area contributed by atoms with E-state index in [1.807, 2.05) is 19.9 Å². The second-order valence-electron chi connectivity index (χ2n) is 8.04. The van der Waals surface area contributed by atoms with Crippen LogP contribution in [0, 0.1) is 17.7 Å². The van der Waals surface area contributed by atoms with E-state index in [1.54, 1.807) is 29.3 Å². The van der Waals surface area contributed by atoms with Crippen molar-refractivity contribution in [3.8, 4) is 11.1 Å². The van der Waals surface area contributed by atoms with Crippen LogP contribution >= 0.6 is 11.6 Å². The SMILES string of the molecule is C[C@@H]1CN(C(=O)CN)C[C@H](C)[C@@]1(O)c1ccc(-c2ccnc3[nH]cc(F)c23)cc1Cl. The van der Waals surface area contributed by atoms with E-state index in [4.69, 9.17) is 17.3 Å². The van der Waals surface area contributed by atoms with Crippen molar-refractivity contribution in [2.75, 3.05) is 19.6 Å². The maximum atomic E-state index is 14.3. The number of fused-ring (bicyclic) bond motifs is 1. The molecule has 1 aliphatic heterocycles.